The van der Waals surface area contributed by atoms with E-state index in [0.29, 0.717) is 12.5 Å². The molecular formula is C16H30N4O. The lowest BCUT2D eigenvalue weighted by Gasteiger charge is -2.38. The van der Waals surface area contributed by atoms with E-state index in [1.54, 1.807) is 0 Å². The van der Waals surface area contributed by atoms with Crippen molar-refractivity contribution in [3.8, 4) is 0 Å². The van der Waals surface area contributed by atoms with Gasteiger partial charge in [0.2, 0.25) is 5.91 Å². The van der Waals surface area contributed by atoms with Crippen LogP contribution in [0.4, 0.5) is 0 Å². The monoisotopic (exact) mass is 294 g/mol. The number of rotatable bonds is 6. The molecule has 0 aromatic heterocycles. The molecule has 1 unspecified atom stereocenters. The summed E-state index contributed by atoms with van der Waals surface area (Å²) in [6.07, 6.45) is 7.32. The molecule has 3 rings (SSSR count). The second kappa shape index (κ2) is 6.23. The van der Waals surface area contributed by atoms with Crippen molar-refractivity contribution in [3.63, 3.8) is 0 Å². The summed E-state index contributed by atoms with van der Waals surface area (Å²) in [5.41, 5.74) is 11.1. The van der Waals surface area contributed by atoms with E-state index in [9.17, 15) is 4.79 Å². The molecule has 1 atom stereocenters. The van der Waals surface area contributed by atoms with Crippen molar-refractivity contribution in [1.82, 2.24) is 9.80 Å². The van der Waals surface area contributed by atoms with Gasteiger partial charge in [0.1, 0.15) is 5.54 Å². The molecule has 5 heteroatoms. The molecule has 4 N–H and O–H groups in total. The predicted molar refractivity (Wildman–Crippen MR) is 83.7 cm³/mol. The molecule has 5 nitrogen and oxygen atoms in total. The summed E-state index contributed by atoms with van der Waals surface area (Å²) in [7, 11) is 0. The number of carbonyl (C=O) groups is 1. The zero-order chi connectivity index (χ0) is 14.9. The van der Waals surface area contributed by atoms with Crippen molar-refractivity contribution in [2.24, 2.45) is 23.3 Å². The Bertz CT molecular complexity index is 370. The smallest absolute Gasteiger partial charge is 0.239 e. The first-order valence-corrected chi connectivity index (χ1v) is 8.61. The maximum absolute atomic E-state index is 11.7. The van der Waals surface area contributed by atoms with E-state index in [4.69, 9.17) is 11.5 Å². The minimum Gasteiger partial charge on any atom is -0.368 e. The number of amides is 1. The van der Waals surface area contributed by atoms with E-state index in [0.717, 1.165) is 31.8 Å². The molecular weight excluding hydrogens is 264 g/mol. The summed E-state index contributed by atoms with van der Waals surface area (Å²) >= 11 is 0. The fraction of sp³-hybridized carbons (Fsp3) is 0.938. The molecule has 1 aliphatic carbocycles. The van der Waals surface area contributed by atoms with Crippen molar-refractivity contribution in [3.05, 3.63) is 0 Å². The average molecular weight is 294 g/mol. The van der Waals surface area contributed by atoms with Crippen LogP contribution in [0.5, 0.6) is 0 Å². The third-order valence-corrected chi connectivity index (χ3v) is 5.67. The Morgan fingerprint density at radius 3 is 2.14 bits per heavy atom. The highest BCUT2D eigenvalue weighted by Gasteiger charge is 2.47. The molecule has 0 bridgehead atoms. The first kappa shape index (κ1) is 15.3. The van der Waals surface area contributed by atoms with Crippen molar-refractivity contribution in [1.29, 1.82) is 0 Å². The minimum absolute atomic E-state index is 0.316. The first-order chi connectivity index (χ1) is 10.1. The Morgan fingerprint density at radius 2 is 1.62 bits per heavy atom. The second-order valence-electron chi connectivity index (χ2n) is 7.41. The van der Waals surface area contributed by atoms with Crippen LogP contribution < -0.4 is 11.5 Å². The maximum Gasteiger partial charge on any atom is 0.239 e. The van der Waals surface area contributed by atoms with Gasteiger partial charge in [0.05, 0.1) is 0 Å². The lowest BCUT2D eigenvalue weighted by atomic mass is 9.90. The summed E-state index contributed by atoms with van der Waals surface area (Å²) in [4.78, 5) is 16.7. The highest BCUT2D eigenvalue weighted by Crippen LogP contribution is 2.39. The fourth-order valence-electron chi connectivity index (χ4n) is 4.03. The van der Waals surface area contributed by atoms with Crippen LogP contribution in [-0.2, 0) is 4.79 Å². The topological polar surface area (TPSA) is 75.6 Å². The van der Waals surface area contributed by atoms with Crippen molar-refractivity contribution >= 4 is 5.91 Å². The summed E-state index contributed by atoms with van der Waals surface area (Å²) in [6, 6.07) is 0. The first-order valence-electron chi connectivity index (χ1n) is 8.61. The van der Waals surface area contributed by atoms with Gasteiger partial charge in [0, 0.05) is 13.1 Å². The van der Waals surface area contributed by atoms with Gasteiger partial charge >= 0.3 is 0 Å². The normalized spacial score (nSPS) is 28.6. The summed E-state index contributed by atoms with van der Waals surface area (Å²) in [5, 5.41) is 0. The minimum atomic E-state index is -0.790. The molecule has 120 valence electrons. The number of piperidine rings is 1. The van der Waals surface area contributed by atoms with E-state index in [1.165, 1.54) is 45.3 Å². The van der Waals surface area contributed by atoms with Crippen LogP contribution in [0.1, 0.15) is 38.5 Å². The lowest BCUT2D eigenvalue weighted by molar-refractivity contribution is -0.124. The number of hydrogen-bond acceptors (Lipinski definition) is 4. The van der Waals surface area contributed by atoms with E-state index in [2.05, 4.69) is 9.80 Å². The van der Waals surface area contributed by atoms with Gasteiger partial charge in [-0.05, 0) is 76.5 Å². The number of nitrogens with zero attached hydrogens (tertiary/aromatic N) is 2. The fourth-order valence-corrected chi connectivity index (χ4v) is 4.03. The van der Waals surface area contributed by atoms with Gasteiger partial charge in [-0.2, -0.15) is 0 Å². The van der Waals surface area contributed by atoms with Gasteiger partial charge < -0.3 is 21.3 Å². The van der Waals surface area contributed by atoms with Gasteiger partial charge in [-0.25, -0.2) is 0 Å². The predicted octanol–water partition coefficient (Wildman–Crippen LogP) is 0.387. The third kappa shape index (κ3) is 3.58. The largest absolute Gasteiger partial charge is 0.368 e. The molecule has 21 heavy (non-hydrogen) atoms. The van der Waals surface area contributed by atoms with Crippen molar-refractivity contribution in [2.75, 3.05) is 39.3 Å². The Morgan fingerprint density at radius 1 is 1.00 bits per heavy atom. The molecule has 1 amide bonds. The SMILES string of the molecule is NC(=O)C(N)(CN1CCC(CN2CCCC2)CC1)C1CC1. The number of carbonyl (C=O) groups excluding carboxylic acids is 1. The molecule has 1 saturated carbocycles. The van der Waals surface area contributed by atoms with Crippen molar-refractivity contribution < 1.29 is 4.79 Å². The Balaban J connectivity index is 1.45. The van der Waals surface area contributed by atoms with Gasteiger partial charge in [-0.3, -0.25) is 4.79 Å². The molecule has 2 saturated heterocycles. The zero-order valence-corrected chi connectivity index (χ0v) is 13.1. The van der Waals surface area contributed by atoms with Crippen LogP contribution in [0.15, 0.2) is 0 Å². The van der Waals surface area contributed by atoms with E-state index >= 15 is 0 Å². The van der Waals surface area contributed by atoms with Crippen molar-refractivity contribution in [2.45, 2.75) is 44.1 Å². The number of likely N-dealkylation sites (tertiary alicyclic amines) is 2. The molecule has 3 aliphatic rings. The number of hydrogen-bond donors (Lipinski definition) is 2. The van der Waals surface area contributed by atoms with Gasteiger partial charge in [0.25, 0.3) is 0 Å². The Labute approximate surface area is 128 Å². The molecule has 2 aliphatic heterocycles. The highest BCUT2D eigenvalue weighted by molar-refractivity contribution is 5.85. The van der Waals surface area contributed by atoms with Crippen LogP contribution in [-0.4, -0.2) is 60.5 Å². The average Bonchev–Trinajstić information content (AvgIpc) is 3.20. The van der Waals surface area contributed by atoms with Crippen LogP contribution in [0.25, 0.3) is 0 Å². The summed E-state index contributed by atoms with van der Waals surface area (Å²) < 4.78 is 0. The quantitative estimate of drug-likeness (QED) is 0.743. The van der Waals surface area contributed by atoms with E-state index < -0.39 is 5.54 Å². The van der Waals surface area contributed by atoms with Crippen LogP contribution >= 0.6 is 0 Å². The summed E-state index contributed by atoms with van der Waals surface area (Å²) in [5.74, 6) is 0.822. The van der Waals surface area contributed by atoms with Crippen LogP contribution in [0.3, 0.4) is 0 Å². The Kier molecular flexibility index (Phi) is 4.52. The third-order valence-electron chi connectivity index (χ3n) is 5.67. The molecule has 0 aromatic rings. The summed E-state index contributed by atoms with van der Waals surface area (Å²) in [6.45, 7) is 6.63. The lowest BCUT2D eigenvalue weighted by Crippen LogP contribution is -2.61. The molecule has 2 heterocycles. The maximum atomic E-state index is 11.7. The highest BCUT2D eigenvalue weighted by atomic mass is 16.1. The second-order valence-corrected chi connectivity index (χ2v) is 7.41. The number of primary amides is 1. The standard InChI is InChI=1S/C16H30N4O/c17-15(21)16(18,14-3-4-14)12-20-9-5-13(6-10-20)11-19-7-1-2-8-19/h13-14H,1-12,18H2,(H2,17,21). The van der Waals surface area contributed by atoms with E-state index in [-0.39, 0.29) is 5.91 Å². The van der Waals surface area contributed by atoms with Crippen LogP contribution in [0.2, 0.25) is 0 Å². The molecule has 0 spiro atoms. The molecule has 0 radical (unpaired) electrons. The molecule has 0 aromatic carbocycles. The zero-order valence-electron chi connectivity index (χ0n) is 13.1. The van der Waals surface area contributed by atoms with Crippen LogP contribution in [0, 0.1) is 11.8 Å². The number of nitrogens with two attached hydrogens (primary N) is 2. The van der Waals surface area contributed by atoms with E-state index in [1.807, 2.05) is 0 Å². The van der Waals surface area contributed by atoms with Gasteiger partial charge in [-0.1, -0.05) is 0 Å². The Hall–Kier alpha value is -0.650. The van der Waals surface area contributed by atoms with Gasteiger partial charge in [0.15, 0.2) is 0 Å². The molecule has 3 fully saturated rings. The van der Waals surface area contributed by atoms with Gasteiger partial charge in [-0.15, -0.1) is 0 Å².